The summed E-state index contributed by atoms with van der Waals surface area (Å²) in [6.07, 6.45) is 2.06. The molecule has 0 saturated carbocycles. The second-order valence-corrected chi connectivity index (χ2v) is 3.90. The Balaban J connectivity index is 0.00000112. The summed E-state index contributed by atoms with van der Waals surface area (Å²) in [6.45, 7) is 4.00. The van der Waals surface area contributed by atoms with Crippen LogP contribution in [0.25, 0.3) is 0 Å². The highest BCUT2D eigenvalue weighted by Gasteiger charge is 2.18. The van der Waals surface area contributed by atoms with Crippen molar-refractivity contribution in [1.82, 2.24) is 15.5 Å². The van der Waals surface area contributed by atoms with Crippen LogP contribution in [0.2, 0.25) is 0 Å². The summed E-state index contributed by atoms with van der Waals surface area (Å²) in [6, 6.07) is -0.144. The molecule has 3 N–H and O–H groups in total. The highest BCUT2D eigenvalue weighted by atomic mass is 35.5. The third kappa shape index (κ3) is 3.15. The minimum Gasteiger partial charge on any atom is -0.339 e. The van der Waals surface area contributed by atoms with Gasteiger partial charge >= 0.3 is 0 Å². The third-order valence-electron chi connectivity index (χ3n) is 2.52. The molecular weight excluding hydrogens is 216 g/mol. The lowest BCUT2D eigenvalue weighted by molar-refractivity contribution is 0.352. The summed E-state index contributed by atoms with van der Waals surface area (Å²) in [7, 11) is 0. The van der Waals surface area contributed by atoms with Crippen molar-refractivity contribution >= 4 is 12.4 Å². The van der Waals surface area contributed by atoms with Crippen molar-refractivity contribution < 1.29 is 4.52 Å². The fourth-order valence-electron chi connectivity index (χ4n) is 1.67. The highest BCUT2D eigenvalue weighted by Crippen LogP contribution is 2.14. The Bertz CT molecular complexity index is 296. The van der Waals surface area contributed by atoms with E-state index in [4.69, 9.17) is 10.3 Å². The monoisotopic (exact) mass is 232 g/mol. The minimum atomic E-state index is -0.144. The molecular formula is C9H17ClN4O. The molecule has 1 saturated heterocycles. The number of nitrogens with two attached hydrogens (primary N) is 1. The van der Waals surface area contributed by atoms with Gasteiger partial charge < -0.3 is 15.6 Å². The highest BCUT2D eigenvalue weighted by molar-refractivity contribution is 5.85. The Morgan fingerprint density at radius 2 is 2.47 bits per heavy atom. The zero-order valence-electron chi connectivity index (χ0n) is 8.77. The van der Waals surface area contributed by atoms with Crippen molar-refractivity contribution in [3.05, 3.63) is 11.7 Å². The molecule has 5 nitrogen and oxygen atoms in total. The van der Waals surface area contributed by atoms with Crippen molar-refractivity contribution in [1.29, 1.82) is 0 Å². The zero-order valence-corrected chi connectivity index (χ0v) is 9.59. The molecule has 6 heteroatoms. The van der Waals surface area contributed by atoms with E-state index in [1.54, 1.807) is 0 Å². The molecule has 0 radical (unpaired) electrons. The Hall–Kier alpha value is -0.650. The van der Waals surface area contributed by atoms with E-state index < -0.39 is 0 Å². The van der Waals surface area contributed by atoms with Crippen molar-refractivity contribution in [3.8, 4) is 0 Å². The minimum absolute atomic E-state index is 0. The number of nitrogens with zero attached hydrogens (tertiary/aromatic N) is 2. The van der Waals surface area contributed by atoms with E-state index in [2.05, 4.69) is 15.5 Å². The predicted octanol–water partition coefficient (Wildman–Crippen LogP) is 0.663. The zero-order chi connectivity index (χ0) is 9.97. The van der Waals surface area contributed by atoms with Crippen LogP contribution in [-0.2, 0) is 6.42 Å². The number of nitrogens with one attached hydrogen (secondary N) is 1. The van der Waals surface area contributed by atoms with Crippen LogP contribution in [0.15, 0.2) is 4.52 Å². The van der Waals surface area contributed by atoms with Gasteiger partial charge in [0.1, 0.15) is 0 Å². The average molecular weight is 233 g/mol. The molecule has 1 fully saturated rings. The largest absolute Gasteiger partial charge is 0.339 e. The van der Waals surface area contributed by atoms with Gasteiger partial charge in [-0.1, -0.05) is 5.16 Å². The first kappa shape index (κ1) is 12.4. The summed E-state index contributed by atoms with van der Waals surface area (Å²) in [4.78, 5) is 4.24. The molecule has 1 aliphatic heterocycles. The van der Waals surface area contributed by atoms with Gasteiger partial charge in [-0.05, 0) is 32.4 Å². The molecule has 0 aromatic carbocycles. The second kappa shape index (κ2) is 5.44. The van der Waals surface area contributed by atoms with Crippen LogP contribution < -0.4 is 11.1 Å². The van der Waals surface area contributed by atoms with Crippen molar-refractivity contribution in [3.63, 3.8) is 0 Å². The Labute approximate surface area is 95.2 Å². The van der Waals surface area contributed by atoms with Crippen LogP contribution in [0, 0.1) is 5.92 Å². The number of hydrogen-bond acceptors (Lipinski definition) is 5. The van der Waals surface area contributed by atoms with Crippen LogP contribution in [0.4, 0.5) is 0 Å². The summed E-state index contributed by atoms with van der Waals surface area (Å²) in [5.74, 6) is 1.95. The van der Waals surface area contributed by atoms with E-state index in [1.807, 2.05) is 6.92 Å². The number of halogens is 1. The molecule has 1 aliphatic rings. The van der Waals surface area contributed by atoms with Gasteiger partial charge in [0, 0.05) is 6.42 Å². The van der Waals surface area contributed by atoms with Gasteiger partial charge in [0.05, 0.1) is 6.04 Å². The van der Waals surface area contributed by atoms with E-state index >= 15 is 0 Å². The summed E-state index contributed by atoms with van der Waals surface area (Å²) in [5, 5.41) is 7.13. The Morgan fingerprint density at radius 1 is 1.67 bits per heavy atom. The van der Waals surface area contributed by atoms with Gasteiger partial charge in [-0.2, -0.15) is 4.98 Å². The molecule has 86 valence electrons. The average Bonchev–Trinajstić information content (AvgIpc) is 2.75. The maximum Gasteiger partial charge on any atom is 0.227 e. The van der Waals surface area contributed by atoms with Crippen molar-refractivity contribution in [2.24, 2.45) is 11.7 Å². The SMILES string of the molecule is CC(N)c1noc(CC2CCNC2)n1.Cl. The normalized spacial score (nSPS) is 22.4. The van der Waals surface area contributed by atoms with Crippen LogP contribution in [0.3, 0.4) is 0 Å². The summed E-state index contributed by atoms with van der Waals surface area (Å²) >= 11 is 0. The molecule has 1 aromatic heterocycles. The lowest BCUT2D eigenvalue weighted by atomic mass is 10.1. The first-order valence-corrected chi connectivity index (χ1v) is 5.04. The second-order valence-electron chi connectivity index (χ2n) is 3.90. The first-order chi connectivity index (χ1) is 6.75. The molecule has 0 aliphatic carbocycles. The molecule has 1 aromatic rings. The molecule has 0 spiro atoms. The van der Waals surface area contributed by atoms with E-state index in [-0.39, 0.29) is 18.4 Å². The van der Waals surface area contributed by atoms with Gasteiger partial charge in [0.25, 0.3) is 0 Å². The smallest absolute Gasteiger partial charge is 0.227 e. The molecule has 0 amide bonds. The molecule has 2 atom stereocenters. The topological polar surface area (TPSA) is 77.0 Å². The number of hydrogen-bond donors (Lipinski definition) is 2. The lowest BCUT2D eigenvalue weighted by Crippen LogP contribution is -2.11. The van der Waals surface area contributed by atoms with Crippen molar-refractivity contribution in [2.75, 3.05) is 13.1 Å². The maximum atomic E-state index is 5.64. The lowest BCUT2D eigenvalue weighted by Gasteiger charge is -2.01. The third-order valence-corrected chi connectivity index (χ3v) is 2.52. The van der Waals surface area contributed by atoms with E-state index in [0.717, 1.165) is 19.5 Å². The summed E-state index contributed by atoms with van der Waals surface area (Å²) in [5.41, 5.74) is 5.64. The van der Waals surface area contributed by atoms with Crippen molar-refractivity contribution in [2.45, 2.75) is 25.8 Å². The fraction of sp³-hybridized carbons (Fsp3) is 0.778. The quantitative estimate of drug-likeness (QED) is 0.801. The number of aromatic nitrogens is 2. The van der Waals surface area contributed by atoms with Crippen LogP contribution in [0.5, 0.6) is 0 Å². The molecule has 2 rings (SSSR count). The standard InChI is InChI=1S/C9H16N4O.ClH/c1-6(10)9-12-8(14-13-9)4-7-2-3-11-5-7;/h6-7,11H,2-5,10H2,1H3;1H. The van der Waals surface area contributed by atoms with Crippen LogP contribution >= 0.6 is 12.4 Å². The molecule has 0 bridgehead atoms. The molecule has 2 heterocycles. The predicted molar refractivity (Wildman–Crippen MR) is 58.8 cm³/mol. The van der Waals surface area contributed by atoms with Crippen LogP contribution in [0.1, 0.15) is 31.1 Å². The molecule has 15 heavy (non-hydrogen) atoms. The first-order valence-electron chi connectivity index (χ1n) is 5.04. The van der Waals surface area contributed by atoms with E-state index in [1.165, 1.54) is 6.42 Å². The fourth-order valence-corrected chi connectivity index (χ4v) is 1.67. The van der Waals surface area contributed by atoms with Gasteiger partial charge in [-0.3, -0.25) is 0 Å². The molecule has 2 unspecified atom stereocenters. The van der Waals surface area contributed by atoms with Gasteiger partial charge in [-0.15, -0.1) is 12.4 Å². The van der Waals surface area contributed by atoms with Gasteiger partial charge in [-0.25, -0.2) is 0 Å². The number of rotatable bonds is 3. The van der Waals surface area contributed by atoms with Gasteiger partial charge in [0.15, 0.2) is 5.82 Å². The Kier molecular flexibility index (Phi) is 4.50. The van der Waals surface area contributed by atoms with Crippen LogP contribution in [-0.4, -0.2) is 23.2 Å². The van der Waals surface area contributed by atoms with E-state index in [0.29, 0.717) is 17.6 Å². The summed E-state index contributed by atoms with van der Waals surface area (Å²) < 4.78 is 5.12. The van der Waals surface area contributed by atoms with Gasteiger partial charge in [0.2, 0.25) is 5.89 Å². The maximum absolute atomic E-state index is 5.64. The Morgan fingerprint density at radius 3 is 3.00 bits per heavy atom. The van der Waals surface area contributed by atoms with E-state index in [9.17, 15) is 0 Å².